The molecule has 0 bridgehead atoms. The fourth-order valence-corrected chi connectivity index (χ4v) is 0.877. The van der Waals surface area contributed by atoms with E-state index in [1.807, 2.05) is 0 Å². The van der Waals surface area contributed by atoms with Crippen LogP contribution in [0.5, 0.6) is 0 Å². The molecule has 3 N–H and O–H groups in total. The first kappa shape index (κ1) is 13.8. The highest BCUT2D eigenvalue weighted by molar-refractivity contribution is 4.56. The first-order valence-electron chi connectivity index (χ1n) is 4.87. The van der Waals surface area contributed by atoms with E-state index in [2.05, 4.69) is 5.32 Å². The zero-order valence-corrected chi connectivity index (χ0v) is 8.74. The van der Waals surface area contributed by atoms with E-state index in [9.17, 15) is 0 Å². The molecule has 0 aromatic carbocycles. The molecule has 0 radical (unpaired) electrons. The molecule has 0 aliphatic heterocycles. The van der Waals surface area contributed by atoms with Crippen molar-refractivity contribution < 1.29 is 19.7 Å². The summed E-state index contributed by atoms with van der Waals surface area (Å²) < 4.78 is 10.0. The third-order valence-electron chi connectivity index (χ3n) is 1.66. The molecule has 5 nitrogen and oxygen atoms in total. The van der Waals surface area contributed by atoms with Crippen LogP contribution >= 0.6 is 0 Å². The summed E-state index contributed by atoms with van der Waals surface area (Å²) in [5.41, 5.74) is 0. The summed E-state index contributed by atoms with van der Waals surface area (Å²) in [6.07, 6.45) is 0.228. The Kier molecular flexibility index (Phi) is 10.7. The van der Waals surface area contributed by atoms with Gasteiger partial charge in [0.1, 0.15) is 0 Å². The molecule has 0 fully saturated rings. The van der Waals surface area contributed by atoms with Crippen molar-refractivity contribution in [3.05, 3.63) is 0 Å². The van der Waals surface area contributed by atoms with E-state index >= 15 is 0 Å². The summed E-state index contributed by atoms with van der Waals surface area (Å²) in [6, 6.07) is 0. The summed E-state index contributed by atoms with van der Waals surface area (Å²) in [7, 11) is 1.64. The van der Waals surface area contributed by atoms with Gasteiger partial charge < -0.3 is 25.0 Å². The van der Waals surface area contributed by atoms with E-state index < -0.39 is 6.10 Å². The first-order chi connectivity index (χ1) is 6.81. The van der Waals surface area contributed by atoms with Crippen LogP contribution in [0.4, 0.5) is 0 Å². The number of methoxy groups -OCH3 is 1. The minimum Gasteiger partial charge on any atom is -0.394 e. The highest BCUT2D eigenvalue weighted by Crippen LogP contribution is 1.82. The molecular weight excluding hydrogens is 186 g/mol. The van der Waals surface area contributed by atoms with Gasteiger partial charge >= 0.3 is 0 Å². The van der Waals surface area contributed by atoms with Crippen LogP contribution in [0.15, 0.2) is 0 Å². The van der Waals surface area contributed by atoms with Crippen LogP contribution in [-0.4, -0.2) is 62.9 Å². The molecule has 0 spiro atoms. The zero-order chi connectivity index (χ0) is 10.6. The number of hydrogen-bond donors (Lipinski definition) is 3. The van der Waals surface area contributed by atoms with Gasteiger partial charge in [-0.1, -0.05) is 0 Å². The molecular formula is C9H21NO4. The second-order valence-electron chi connectivity index (χ2n) is 3.00. The van der Waals surface area contributed by atoms with Crippen molar-refractivity contribution in [1.29, 1.82) is 0 Å². The average molecular weight is 207 g/mol. The molecule has 14 heavy (non-hydrogen) atoms. The average Bonchev–Trinajstić information content (AvgIpc) is 2.21. The second-order valence-corrected chi connectivity index (χ2v) is 3.00. The topological polar surface area (TPSA) is 71.0 Å². The smallest absolute Gasteiger partial charge is 0.0894 e. The van der Waals surface area contributed by atoms with E-state index in [4.69, 9.17) is 19.7 Å². The number of ether oxygens (including phenoxy) is 2. The number of hydrogen-bond acceptors (Lipinski definition) is 5. The maximum atomic E-state index is 8.97. The fourth-order valence-electron chi connectivity index (χ4n) is 0.877. The highest BCUT2D eigenvalue weighted by Gasteiger charge is 1.99. The monoisotopic (exact) mass is 207 g/mol. The lowest BCUT2D eigenvalue weighted by atomic mass is 10.3. The molecule has 0 aromatic rings. The Labute approximate surface area is 85.0 Å². The molecule has 0 aliphatic rings. The van der Waals surface area contributed by atoms with Crippen molar-refractivity contribution in [3.63, 3.8) is 0 Å². The number of rotatable bonds is 10. The largest absolute Gasteiger partial charge is 0.394 e. The van der Waals surface area contributed by atoms with Crippen molar-refractivity contribution in [3.8, 4) is 0 Å². The van der Waals surface area contributed by atoms with E-state index in [-0.39, 0.29) is 6.61 Å². The lowest BCUT2D eigenvalue weighted by Crippen LogP contribution is -2.30. The molecule has 0 heterocycles. The maximum absolute atomic E-state index is 8.97. The zero-order valence-electron chi connectivity index (χ0n) is 8.74. The molecule has 0 saturated carbocycles. The summed E-state index contributed by atoms with van der Waals surface area (Å²) >= 11 is 0. The number of aliphatic hydroxyl groups is 2. The quantitative estimate of drug-likeness (QED) is 0.400. The van der Waals surface area contributed by atoms with Crippen LogP contribution in [0.2, 0.25) is 0 Å². The van der Waals surface area contributed by atoms with Crippen LogP contribution in [0.25, 0.3) is 0 Å². The Morgan fingerprint density at radius 1 is 1.29 bits per heavy atom. The molecule has 1 unspecified atom stereocenters. The van der Waals surface area contributed by atoms with Gasteiger partial charge in [-0.25, -0.2) is 0 Å². The molecule has 0 aromatic heterocycles. The Morgan fingerprint density at radius 3 is 2.71 bits per heavy atom. The van der Waals surface area contributed by atoms with Gasteiger partial charge in [0.15, 0.2) is 0 Å². The van der Waals surface area contributed by atoms with E-state index in [0.717, 1.165) is 13.0 Å². The lowest BCUT2D eigenvalue weighted by Gasteiger charge is -2.08. The predicted molar refractivity (Wildman–Crippen MR) is 53.3 cm³/mol. The van der Waals surface area contributed by atoms with Crippen molar-refractivity contribution in [2.45, 2.75) is 12.5 Å². The molecule has 5 heteroatoms. The molecule has 0 aliphatic carbocycles. The highest BCUT2D eigenvalue weighted by atomic mass is 16.5. The predicted octanol–water partition coefficient (Wildman–Crippen LogP) is -1.02. The lowest BCUT2D eigenvalue weighted by molar-refractivity contribution is 0.0679. The van der Waals surface area contributed by atoms with Gasteiger partial charge in [0.2, 0.25) is 0 Å². The molecule has 86 valence electrons. The number of aliphatic hydroxyl groups excluding tert-OH is 2. The van der Waals surface area contributed by atoms with Gasteiger partial charge in [0.05, 0.1) is 25.9 Å². The van der Waals surface area contributed by atoms with Crippen LogP contribution in [0.1, 0.15) is 6.42 Å². The van der Waals surface area contributed by atoms with E-state index in [1.165, 1.54) is 0 Å². The van der Waals surface area contributed by atoms with Gasteiger partial charge in [0.25, 0.3) is 0 Å². The van der Waals surface area contributed by atoms with Gasteiger partial charge in [-0.05, 0) is 13.0 Å². The van der Waals surface area contributed by atoms with Crippen LogP contribution in [0, 0.1) is 0 Å². The van der Waals surface area contributed by atoms with Crippen molar-refractivity contribution in [2.24, 2.45) is 0 Å². The molecule has 1 atom stereocenters. The third-order valence-corrected chi connectivity index (χ3v) is 1.66. The summed E-state index contributed by atoms with van der Waals surface area (Å²) in [6.45, 7) is 2.94. The number of nitrogens with one attached hydrogen (secondary N) is 1. The summed E-state index contributed by atoms with van der Waals surface area (Å²) in [5, 5.41) is 20.5. The van der Waals surface area contributed by atoms with Crippen LogP contribution < -0.4 is 5.32 Å². The Bertz CT molecular complexity index is 113. The maximum Gasteiger partial charge on any atom is 0.0894 e. The van der Waals surface area contributed by atoms with Crippen LogP contribution in [-0.2, 0) is 9.47 Å². The standard InChI is InChI=1S/C9H21NO4/c1-13-5-6-14-4-2-3-10-7-9(12)8-11/h9-12H,2-8H2,1H3. The first-order valence-corrected chi connectivity index (χ1v) is 4.87. The minimum atomic E-state index is -0.663. The van der Waals surface area contributed by atoms with Gasteiger partial charge in [0, 0.05) is 20.3 Å². The summed E-state index contributed by atoms with van der Waals surface area (Å²) in [4.78, 5) is 0. The van der Waals surface area contributed by atoms with Gasteiger partial charge in [-0.15, -0.1) is 0 Å². The van der Waals surface area contributed by atoms with Crippen molar-refractivity contribution in [2.75, 3.05) is 46.6 Å². The Morgan fingerprint density at radius 2 is 2.07 bits per heavy atom. The Balaban J connectivity index is 2.92. The normalized spacial score (nSPS) is 13.1. The van der Waals surface area contributed by atoms with Crippen LogP contribution in [0.3, 0.4) is 0 Å². The Hall–Kier alpha value is -0.200. The molecule has 0 rings (SSSR count). The van der Waals surface area contributed by atoms with Gasteiger partial charge in [-0.2, -0.15) is 0 Å². The fraction of sp³-hybridized carbons (Fsp3) is 1.00. The third kappa shape index (κ3) is 9.88. The molecule has 0 saturated heterocycles. The second kappa shape index (κ2) is 10.9. The van der Waals surface area contributed by atoms with Gasteiger partial charge in [-0.3, -0.25) is 0 Å². The minimum absolute atomic E-state index is 0.197. The van der Waals surface area contributed by atoms with E-state index in [0.29, 0.717) is 26.4 Å². The van der Waals surface area contributed by atoms with Crippen molar-refractivity contribution in [1.82, 2.24) is 5.32 Å². The van der Waals surface area contributed by atoms with Crippen molar-refractivity contribution >= 4 is 0 Å². The molecule has 0 amide bonds. The SMILES string of the molecule is COCCOCCCNCC(O)CO. The summed E-state index contributed by atoms with van der Waals surface area (Å²) in [5.74, 6) is 0. The van der Waals surface area contributed by atoms with E-state index in [1.54, 1.807) is 7.11 Å².